The van der Waals surface area contributed by atoms with Crippen LogP contribution >= 0.6 is 0 Å². The van der Waals surface area contributed by atoms with Crippen molar-refractivity contribution in [3.8, 4) is 22.6 Å². The third-order valence-electron chi connectivity index (χ3n) is 7.83. The third-order valence-corrected chi connectivity index (χ3v) is 7.83. The Morgan fingerprint density at radius 1 is 0.913 bits per heavy atom. The Morgan fingerprint density at radius 2 is 1.59 bits per heavy atom. The minimum absolute atomic E-state index is 0.0314. The first-order valence-corrected chi connectivity index (χ1v) is 15.7. The van der Waals surface area contributed by atoms with Gasteiger partial charge in [-0.3, -0.25) is 24.0 Å². The normalized spacial score (nSPS) is 16.4. The molecule has 0 radical (unpaired) electrons. The van der Waals surface area contributed by atoms with Crippen LogP contribution in [0.2, 0.25) is 0 Å². The number of hydrogen-bond acceptors (Lipinski definition) is 8. The van der Waals surface area contributed by atoms with Gasteiger partial charge in [-0.25, -0.2) is 0 Å². The van der Waals surface area contributed by atoms with Gasteiger partial charge in [0.15, 0.2) is 0 Å². The molecular weight excluding hydrogens is 594 g/mol. The highest BCUT2D eigenvalue weighted by molar-refractivity contribution is 5.93. The molecule has 0 saturated heterocycles. The van der Waals surface area contributed by atoms with Crippen molar-refractivity contribution in [3.05, 3.63) is 47.5 Å². The van der Waals surface area contributed by atoms with Crippen LogP contribution in [0.5, 0.6) is 11.5 Å². The smallest absolute Gasteiger partial charge is 0.247 e. The average Bonchev–Trinajstić information content (AvgIpc) is 3.03. The molecule has 13 nitrogen and oxygen atoms in total. The van der Waals surface area contributed by atoms with E-state index in [4.69, 9.17) is 0 Å². The van der Waals surface area contributed by atoms with Crippen molar-refractivity contribution in [2.75, 3.05) is 33.3 Å². The van der Waals surface area contributed by atoms with Crippen LogP contribution in [0, 0.1) is 0 Å². The topological polar surface area (TPSA) is 197 Å². The predicted molar refractivity (Wildman–Crippen MR) is 170 cm³/mol. The molecule has 2 atom stereocenters. The summed E-state index contributed by atoms with van der Waals surface area (Å²) in [5, 5.41) is 41.6. The summed E-state index contributed by atoms with van der Waals surface area (Å²) >= 11 is 0. The zero-order valence-electron chi connectivity index (χ0n) is 26.4. The number of amides is 5. The van der Waals surface area contributed by atoms with E-state index in [2.05, 4.69) is 28.2 Å². The van der Waals surface area contributed by atoms with Gasteiger partial charge < -0.3 is 41.5 Å². The van der Waals surface area contributed by atoms with Crippen LogP contribution in [0.1, 0.15) is 69.0 Å². The van der Waals surface area contributed by atoms with Crippen LogP contribution in [0.25, 0.3) is 11.1 Å². The molecule has 5 amide bonds. The Labute approximate surface area is 268 Å². The molecule has 1 aliphatic heterocycles. The van der Waals surface area contributed by atoms with Gasteiger partial charge in [-0.15, -0.1) is 0 Å². The van der Waals surface area contributed by atoms with Gasteiger partial charge in [0.25, 0.3) is 0 Å². The minimum atomic E-state index is -1.28. The fraction of sp³-hybridized carbons (Fsp3) is 0.485. The standard InChI is InChI=1S/C33H45N5O8/c1-3-4-5-6-7-8-28(42)34-14-13-29(43)35-19-31(45)38(2)32-22-10-12-27(41)25(17-22)24-16-21(9-11-26(24)40)15-23(20-39)37-30(44)18-36-33(32)46/h9-12,16-17,23,32,39-41H,3-8,13-15,18-20H2,1-2H3,(H,34,42)(H,35,43)(H,36,46)(H,37,44)/t23-,32?/m0/s1. The summed E-state index contributed by atoms with van der Waals surface area (Å²) < 4.78 is 0. The number of nitrogens with one attached hydrogen (secondary N) is 4. The molecule has 13 heteroatoms. The molecule has 0 aromatic heterocycles. The largest absolute Gasteiger partial charge is 0.507 e. The van der Waals surface area contributed by atoms with Crippen molar-refractivity contribution in [2.45, 2.75) is 70.4 Å². The lowest BCUT2D eigenvalue weighted by atomic mass is 9.94. The van der Waals surface area contributed by atoms with Crippen LogP contribution < -0.4 is 21.3 Å². The molecule has 0 fully saturated rings. The molecule has 0 spiro atoms. The molecule has 2 aromatic rings. The summed E-state index contributed by atoms with van der Waals surface area (Å²) in [6, 6.07) is 6.98. The van der Waals surface area contributed by atoms with E-state index in [1.54, 1.807) is 12.1 Å². The first kappa shape index (κ1) is 35.8. The number of unbranched alkanes of at least 4 members (excludes halogenated alkanes) is 4. The number of fused-ring (bicyclic) bond motifs is 5. The number of likely N-dealkylation sites (N-methyl/N-ethyl adjacent to an activating group) is 1. The number of aliphatic hydroxyl groups is 1. The highest BCUT2D eigenvalue weighted by Crippen LogP contribution is 2.38. The van der Waals surface area contributed by atoms with Gasteiger partial charge in [0.05, 0.1) is 25.7 Å². The Kier molecular flexibility index (Phi) is 13.8. The monoisotopic (exact) mass is 639 g/mol. The van der Waals surface area contributed by atoms with Gasteiger partial charge in [-0.05, 0) is 48.2 Å². The fourth-order valence-corrected chi connectivity index (χ4v) is 5.23. The Morgan fingerprint density at radius 3 is 2.30 bits per heavy atom. The van der Waals surface area contributed by atoms with E-state index in [1.165, 1.54) is 31.3 Å². The summed E-state index contributed by atoms with van der Waals surface area (Å²) in [7, 11) is 1.37. The SMILES string of the molecule is CCCCCCCC(=O)NCCC(=O)NCC(=O)N(C)C1C(=O)NCC(=O)N[C@H](CO)Cc2ccc(O)c(c2)-c2cc1ccc2O. The lowest BCUT2D eigenvalue weighted by molar-refractivity contribution is -0.139. The highest BCUT2D eigenvalue weighted by Gasteiger charge is 2.30. The highest BCUT2D eigenvalue weighted by atomic mass is 16.3. The maximum atomic E-state index is 13.5. The number of phenols is 2. The molecule has 46 heavy (non-hydrogen) atoms. The molecule has 7 N–H and O–H groups in total. The molecule has 1 aliphatic rings. The van der Waals surface area contributed by atoms with Gasteiger partial charge >= 0.3 is 0 Å². The number of phenolic OH excluding ortho intramolecular Hbond substituents is 2. The second kappa shape index (κ2) is 17.7. The van der Waals surface area contributed by atoms with Crippen LogP contribution in [0.15, 0.2) is 36.4 Å². The molecule has 3 rings (SSSR count). The first-order chi connectivity index (χ1) is 22.0. The van der Waals surface area contributed by atoms with Crippen molar-refractivity contribution >= 4 is 29.5 Å². The van der Waals surface area contributed by atoms with Gasteiger partial charge in [-0.2, -0.15) is 0 Å². The fourth-order valence-electron chi connectivity index (χ4n) is 5.23. The summed E-state index contributed by atoms with van der Waals surface area (Å²) in [6.45, 7) is 0.999. The van der Waals surface area contributed by atoms with E-state index in [0.29, 0.717) is 12.0 Å². The second-order valence-electron chi connectivity index (χ2n) is 11.4. The maximum absolute atomic E-state index is 13.5. The predicted octanol–water partition coefficient (Wildman–Crippen LogP) is 1.40. The van der Waals surface area contributed by atoms with Crippen molar-refractivity contribution < 1.29 is 39.3 Å². The van der Waals surface area contributed by atoms with Crippen LogP contribution in [-0.4, -0.2) is 89.1 Å². The van der Waals surface area contributed by atoms with Crippen molar-refractivity contribution in [2.24, 2.45) is 0 Å². The lowest BCUT2D eigenvalue weighted by Crippen LogP contribution is -2.49. The Hall–Kier alpha value is -4.65. The van der Waals surface area contributed by atoms with Crippen molar-refractivity contribution in [1.29, 1.82) is 0 Å². The number of carbonyl (C=O) groups is 5. The third kappa shape index (κ3) is 10.5. The molecule has 250 valence electrons. The molecular formula is C33H45N5O8. The molecule has 0 aliphatic carbocycles. The van der Waals surface area contributed by atoms with Crippen molar-refractivity contribution in [3.63, 3.8) is 0 Å². The maximum Gasteiger partial charge on any atom is 0.247 e. The van der Waals surface area contributed by atoms with E-state index in [1.807, 2.05) is 0 Å². The minimum Gasteiger partial charge on any atom is -0.507 e. The summed E-state index contributed by atoms with van der Waals surface area (Å²) in [5.41, 5.74) is 1.40. The van der Waals surface area contributed by atoms with Crippen LogP contribution in [-0.2, 0) is 30.4 Å². The second-order valence-corrected chi connectivity index (χ2v) is 11.4. The average molecular weight is 640 g/mol. The van der Waals surface area contributed by atoms with E-state index < -0.39 is 48.8 Å². The molecule has 1 heterocycles. The molecule has 4 bridgehead atoms. The molecule has 0 saturated carbocycles. The van der Waals surface area contributed by atoms with Crippen LogP contribution in [0.3, 0.4) is 0 Å². The lowest BCUT2D eigenvalue weighted by Gasteiger charge is -2.29. The number of benzene rings is 2. The molecule has 2 aromatic carbocycles. The number of rotatable bonds is 13. The van der Waals surface area contributed by atoms with E-state index in [-0.39, 0.29) is 60.1 Å². The van der Waals surface area contributed by atoms with E-state index >= 15 is 0 Å². The van der Waals surface area contributed by atoms with Gasteiger partial charge in [-0.1, -0.05) is 44.7 Å². The van der Waals surface area contributed by atoms with E-state index in [0.717, 1.165) is 37.0 Å². The van der Waals surface area contributed by atoms with Gasteiger partial charge in [0.1, 0.15) is 17.5 Å². The van der Waals surface area contributed by atoms with E-state index in [9.17, 15) is 39.3 Å². The Balaban J connectivity index is 1.73. The zero-order chi connectivity index (χ0) is 33.6. The number of aliphatic hydroxyl groups excluding tert-OH is 1. The number of carbonyl (C=O) groups excluding carboxylic acids is 5. The molecule has 1 unspecified atom stereocenters. The van der Waals surface area contributed by atoms with Crippen LogP contribution in [0.4, 0.5) is 0 Å². The number of nitrogens with zero attached hydrogens (tertiary/aromatic N) is 1. The quantitative estimate of drug-likeness (QED) is 0.160. The first-order valence-electron chi connectivity index (χ1n) is 15.7. The number of aromatic hydroxyl groups is 2. The zero-order valence-corrected chi connectivity index (χ0v) is 26.4. The summed E-state index contributed by atoms with van der Waals surface area (Å²) in [6.07, 6.45) is 5.70. The van der Waals surface area contributed by atoms with Gasteiger partial charge in [0.2, 0.25) is 29.5 Å². The summed E-state index contributed by atoms with van der Waals surface area (Å²) in [4.78, 5) is 64.8. The van der Waals surface area contributed by atoms with Gasteiger partial charge in [0, 0.05) is 37.6 Å². The summed E-state index contributed by atoms with van der Waals surface area (Å²) in [5.74, 6) is -2.80. The van der Waals surface area contributed by atoms with Crippen molar-refractivity contribution in [1.82, 2.24) is 26.2 Å². The Bertz CT molecular complexity index is 1400. The number of hydrogen-bond donors (Lipinski definition) is 7.